The van der Waals surface area contributed by atoms with E-state index in [1.807, 2.05) is 85.6 Å². The first-order valence-electron chi connectivity index (χ1n) is 13.9. The average molecular weight is 542 g/mol. The Morgan fingerprint density at radius 3 is 2.38 bits per heavy atom. The number of nitrogens with one attached hydrogen (secondary N) is 1. The van der Waals surface area contributed by atoms with Gasteiger partial charge in [-0.15, -0.1) is 0 Å². The molecule has 0 saturated heterocycles. The summed E-state index contributed by atoms with van der Waals surface area (Å²) >= 11 is 0. The summed E-state index contributed by atoms with van der Waals surface area (Å²) in [6.45, 7) is 6.46. The van der Waals surface area contributed by atoms with Crippen LogP contribution in [0.3, 0.4) is 0 Å². The molecule has 0 bridgehead atoms. The van der Waals surface area contributed by atoms with Gasteiger partial charge in [0.25, 0.3) is 5.91 Å². The Hall–Kier alpha value is -4.10. The van der Waals surface area contributed by atoms with Gasteiger partial charge in [0.2, 0.25) is 5.91 Å². The van der Waals surface area contributed by atoms with Crippen LogP contribution in [0.5, 0.6) is 5.75 Å². The van der Waals surface area contributed by atoms with Crippen LogP contribution in [0.1, 0.15) is 40.4 Å². The van der Waals surface area contributed by atoms with Gasteiger partial charge in [-0.1, -0.05) is 48.0 Å². The van der Waals surface area contributed by atoms with Crippen LogP contribution in [-0.2, 0) is 22.5 Å². The predicted octanol–water partition coefficient (Wildman–Crippen LogP) is 5.63. The topological polar surface area (TPSA) is 74.9 Å². The van der Waals surface area contributed by atoms with E-state index in [9.17, 15) is 9.59 Å². The lowest BCUT2D eigenvalue weighted by atomic mass is 10.1. The van der Waals surface area contributed by atoms with Gasteiger partial charge in [0, 0.05) is 56.0 Å². The highest BCUT2D eigenvalue weighted by atomic mass is 16.5. The van der Waals surface area contributed by atoms with E-state index in [0.29, 0.717) is 51.3 Å². The third kappa shape index (κ3) is 7.73. The molecule has 4 rings (SSSR count). The number of aromatic amines is 1. The Balaban J connectivity index is 1.54. The molecule has 0 unspecified atom stereocenters. The second-order valence-corrected chi connectivity index (χ2v) is 9.94. The summed E-state index contributed by atoms with van der Waals surface area (Å²) in [4.78, 5) is 34.1. The molecule has 1 heterocycles. The number of aromatic nitrogens is 1. The monoisotopic (exact) mass is 541 g/mol. The zero-order valence-electron chi connectivity index (χ0n) is 23.7. The Morgan fingerprint density at radius 1 is 0.900 bits per heavy atom. The summed E-state index contributed by atoms with van der Waals surface area (Å²) < 4.78 is 10.8. The van der Waals surface area contributed by atoms with E-state index in [-0.39, 0.29) is 18.4 Å². The number of carbonyl (C=O) groups is 2. The van der Waals surface area contributed by atoms with Crippen molar-refractivity contribution in [2.45, 2.75) is 33.2 Å². The Labute approximate surface area is 236 Å². The first-order chi connectivity index (χ1) is 19.5. The van der Waals surface area contributed by atoms with Crippen LogP contribution in [-0.4, -0.2) is 66.6 Å². The summed E-state index contributed by atoms with van der Waals surface area (Å²) in [7, 11) is 1.64. The van der Waals surface area contributed by atoms with E-state index in [1.165, 1.54) is 0 Å². The fourth-order valence-corrected chi connectivity index (χ4v) is 4.76. The number of ether oxygens (including phenoxy) is 2. The molecule has 0 fully saturated rings. The summed E-state index contributed by atoms with van der Waals surface area (Å²) in [5, 5.41) is 1.16. The van der Waals surface area contributed by atoms with Crippen molar-refractivity contribution in [3.63, 3.8) is 0 Å². The number of rotatable bonds is 14. The quantitative estimate of drug-likeness (QED) is 0.210. The van der Waals surface area contributed by atoms with Crippen molar-refractivity contribution in [3.05, 3.63) is 101 Å². The fraction of sp³-hybridized carbons (Fsp3) is 0.333. The van der Waals surface area contributed by atoms with E-state index in [0.717, 1.165) is 33.3 Å². The van der Waals surface area contributed by atoms with Crippen LogP contribution in [0.15, 0.2) is 79.0 Å². The lowest BCUT2D eigenvalue weighted by Crippen LogP contribution is -2.44. The van der Waals surface area contributed by atoms with Crippen LogP contribution < -0.4 is 4.74 Å². The highest BCUT2D eigenvalue weighted by molar-refractivity contribution is 5.96. The first kappa shape index (κ1) is 28.9. The molecule has 0 aliphatic heterocycles. The number of nitrogens with zero attached hydrogens (tertiary/aromatic N) is 2. The standard InChI is InChI=1S/C33H39N3O4/c1-4-40-29-16-12-26(13-17-29)23-35(20-18-28-22-34-31-9-6-5-8-30(28)31)32(37)24-36(19-7-21-39-3)33(38)27-14-10-25(2)11-15-27/h5-6,8-17,22,34H,4,7,18-21,23-24H2,1-3H3. The highest BCUT2D eigenvalue weighted by Crippen LogP contribution is 2.20. The van der Waals surface area contributed by atoms with Crippen LogP contribution >= 0.6 is 0 Å². The lowest BCUT2D eigenvalue weighted by Gasteiger charge is -2.28. The minimum atomic E-state index is -0.151. The molecular weight excluding hydrogens is 502 g/mol. The van der Waals surface area contributed by atoms with E-state index in [1.54, 1.807) is 12.0 Å². The van der Waals surface area contributed by atoms with Gasteiger partial charge >= 0.3 is 0 Å². The molecule has 4 aromatic rings. The van der Waals surface area contributed by atoms with Crippen molar-refractivity contribution in [1.29, 1.82) is 0 Å². The molecule has 210 valence electrons. The number of amides is 2. The van der Waals surface area contributed by atoms with Gasteiger partial charge in [0.1, 0.15) is 12.3 Å². The molecule has 7 nitrogen and oxygen atoms in total. The molecule has 3 aromatic carbocycles. The number of methoxy groups -OCH3 is 1. The molecule has 1 aromatic heterocycles. The maximum absolute atomic E-state index is 13.8. The molecule has 0 spiro atoms. The minimum absolute atomic E-state index is 0.00133. The molecule has 40 heavy (non-hydrogen) atoms. The Morgan fingerprint density at radius 2 is 1.65 bits per heavy atom. The summed E-state index contributed by atoms with van der Waals surface area (Å²) in [6.07, 6.45) is 3.36. The zero-order valence-corrected chi connectivity index (χ0v) is 23.7. The van der Waals surface area contributed by atoms with Crippen molar-refractivity contribution in [1.82, 2.24) is 14.8 Å². The molecule has 2 amide bonds. The van der Waals surface area contributed by atoms with Crippen LogP contribution in [0.25, 0.3) is 10.9 Å². The van der Waals surface area contributed by atoms with Crippen molar-refractivity contribution >= 4 is 22.7 Å². The largest absolute Gasteiger partial charge is 0.494 e. The normalized spacial score (nSPS) is 11.0. The van der Waals surface area contributed by atoms with E-state index in [4.69, 9.17) is 9.47 Å². The van der Waals surface area contributed by atoms with E-state index >= 15 is 0 Å². The third-order valence-corrected chi connectivity index (χ3v) is 6.97. The van der Waals surface area contributed by atoms with Crippen molar-refractivity contribution < 1.29 is 19.1 Å². The van der Waals surface area contributed by atoms with Crippen molar-refractivity contribution in [2.75, 3.05) is 40.0 Å². The number of carbonyl (C=O) groups excluding carboxylic acids is 2. The van der Waals surface area contributed by atoms with Gasteiger partial charge in [-0.3, -0.25) is 9.59 Å². The van der Waals surface area contributed by atoms with Crippen molar-refractivity contribution in [2.24, 2.45) is 0 Å². The van der Waals surface area contributed by atoms with Crippen molar-refractivity contribution in [3.8, 4) is 5.75 Å². The number of fused-ring (bicyclic) bond motifs is 1. The van der Waals surface area contributed by atoms with Gasteiger partial charge in [-0.2, -0.15) is 0 Å². The summed E-state index contributed by atoms with van der Waals surface area (Å²) in [6, 6.07) is 23.5. The van der Waals surface area contributed by atoms with Crippen LogP contribution in [0, 0.1) is 6.92 Å². The summed E-state index contributed by atoms with van der Waals surface area (Å²) in [5.74, 6) is 0.560. The smallest absolute Gasteiger partial charge is 0.254 e. The fourth-order valence-electron chi connectivity index (χ4n) is 4.76. The van der Waals surface area contributed by atoms with Crippen LogP contribution in [0.2, 0.25) is 0 Å². The van der Waals surface area contributed by atoms with Gasteiger partial charge in [-0.05, 0) is 68.1 Å². The Kier molecular flexibility index (Phi) is 10.4. The van der Waals surface area contributed by atoms with Gasteiger partial charge in [0.05, 0.1) is 6.61 Å². The number of hydrogen-bond donors (Lipinski definition) is 1. The molecule has 0 saturated carbocycles. The van der Waals surface area contributed by atoms with Gasteiger partial charge in [0.15, 0.2) is 0 Å². The Bertz CT molecular complexity index is 1380. The lowest BCUT2D eigenvalue weighted by molar-refractivity contribution is -0.132. The molecule has 0 aliphatic carbocycles. The summed E-state index contributed by atoms with van der Waals surface area (Å²) in [5.41, 5.74) is 4.90. The second kappa shape index (κ2) is 14.3. The molecule has 0 radical (unpaired) electrons. The second-order valence-electron chi connectivity index (χ2n) is 9.94. The SMILES string of the molecule is CCOc1ccc(CN(CCc2c[nH]c3ccccc23)C(=O)CN(CCCOC)C(=O)c2ccc(C)cc2)cc1. The minimum Gasteiger partial charge on any atom is -0.494 e. The third-order valence-electron chi connectivity index (χ3n) is 6.97. The number of H-pyrrole nitrogens is 1. The average Bonchev–Trinajstić information content (AvgIpc) is 3.39. The van der Waals surface area contributed by atoms with Crippen LogP contribution in [0.4, 0.5) is 0 Å². The van der Waals surface area contributed by atoms with Gasteiger partial charge < -0.3 is 24.3 Å². The number of hydrogen-bond acceptors (Lipinski definition) is 4. The predicted molar refractivity (Wildman–Crippen MR) is 159 cm³/mol. The molecule has 7 heteroatoms. The maximum Gasteiger partial charge on any atom is 0.254 e. The number of benzene rings is 3. The molecule has 0 aliphatic rings. The van der Waals surface area contributed by atoms with Gasteiger partial charge in [-0.25, -0.2) is 0 Å². The van der Waals surface area contributed by atoms with E-state index in [2.05, 4.69) is 17.1 Å². The molecule has 0 atom stereocenters. The number of para-hydroxylation sites is 1. The highest BCUT2D eigenvalue weighted by Gasteiger charge is 2.23. The maximum atomic E-state index is 13.8. The van der Waals surface area contributed by atoms with E-state index < -0.39 is 0 Å². The molecule has 1 N–H and O–H groups in total. The zero-order chi connectivity index (χ0) is 28.3. The molecular formula is C33H39N3O4. The number of aryl methyl sites for hydroxylation is 1. The first-order valence-corrected chi connectivity index (χ1v) is 13.9.